The molecule has 5 N–H and O–H groups in total. The quantitative estimate of drug-likeness (QED) is 0.537. The molecule has 3 aromatic carbocycles. The highest BCUT2D eigenvalue weighted by atomic mass is 19.1. The molecule has 6 heteroatoms. The van der Waals surface area contributed by atoms with Crippen LogP contribution < -0.4 is 16.8 Å². The minimum Gasteiger partial charge on any atom is -0.368 e. The van der Waals surface area contributed by atoms with E-state index in [1.165, 1.54) is 12.1 Å². The predicted octanol–water partition coefficient (Wildman–Crippen LogP) is 2.58. The average Bonchev–Trinajstić information content (AvgIpc) is 2.74. The minimum atomic E-state index is -0.842. The Bertz CT molecular complexity index is 1010. The van der Waals surface area contributed by atoms with Crippen LogP contribution in [0.25, 0.3) is 11.1 Å². The van der Waals surface area contributed by atoms with Crippen molar-refractivity contribution < 1.29 is 14.0 Å². The zero-order chi connectivity index (χ0) is 21.5. The second-order valence-corrected chi connectivity index (χ2v) is 7.17. The number of nitrogens with one attached hydrogen (secondary N) is 1. The molecule has 0 radical (unpaired) electrons. The van der Waals surface area contributed by atoms with Gasteiger partial charge in [0.15, 0.2) is 0 Å². The van der Waals surface area contributed by atoms with Crippen LogP contribution in [0.15, 0.2) is 78.9 Å². The Morgan fingerprint density at radius 2 is 1.50 bits per heavy atom. The van der Waals surface area contributed by atoms with Crippen LogP contribution in [0.3, 0.4) is 0 Å². The predicted molar refractivity (Wildman–Crippen MR) is 115 cm³/mol. The molecule has 0 bridgehead atoms. The van der Waals surface area contributed by atoms with Crippen molar-refractivity contribution in [3.63, 3.8) is 0 Å². The van der Waals surface area contributed by atoms with E-state index in [1.54, 1.807) is 12.1 Å². The first-order chi connectivity index (χ1) is 14.4. The molecule has 3 aromatic rings. The summed E-state index contributed by atoms with van der Waals surface area (Å²) in [6.07, 6.45) is 0.590. The van der Waals surface area contributed by atoms with Gasteiger partial charge in [-0.3, -0.25) is 9.59 Å². The average molecular weight is 405 g/mol. The topological polar surface area (TPSA) is 98.2 Å². The van der Waals surface area contributed by atoms with Gasteiger partial charge in [0.1, 0.15) is 11.9 Å². The summed E-state index contributed by atoms with van der Waals surface area (Å²) in [5.74, 6) is -1.35. The monoisotopic (exact) mass is 405 g/mol. The maximum atomic E-state index is 13.1. The van der Waals surface area contributed by atoms with Crippen molar-refractivity contribution in [1.82, 2.24) is 5.32 Å². The van der Waals surface area contributed by atoms with E-state index in [4.69, 9.17) is 11.5 Å². The molecule has 1 unspecified atom stereocenters. The number of halogens is 1. The number of benzene rings is 3. The molecule has 0 aliphatic rings. The molecule has 0 spiro atoms. The summed E-state index contributed by atoms with van der Waals surface area (Å²) in [5, 5.41) is 2.66. The Hall–Kier alpha value is -3.51. The van der Waals surface area contributed by atoms with E-state index in [0.29, 0.717) is 6.42 Å². The zero-order valence-corrected chi connectivity index (χ0v) is 16.4. The van der Waals surface area contributed by atoms with Gasteiger partial charge in [-0.15, -0.1) is 0 Å². The molecule has 2 amide bonds. The normalized spacial score (nSPS) is 12.7. The summed E-state index contributed by atoms with van der Waals surface area (Å²) in [4.78, 5) is 24.3. The maximum absolute atomic E-state index is 13.1. The smallest absolute Gasteiger partial charge is 0.240 e. The van der Waals surface area contributed by atoms with Crippen molar-refractivity contribution >= 4 is 11.8 Å². The molecule has 0 aliphatic heterocycles. The summed E-state index contributed by atoms with van der Waals surface area (Å²) in [7, 11) is 0. The lowest BCUT2D eigenvalue weighted by Crippen LogP contribution is -2.51. The number of hydrogen-bond donors (Lipinski definition) is 3. The van der Waals surface area contributed by atoms with E-state index in [9.17, 15) is 14.0 Å². The van der Waals surface area contributed by atoms with E-state index in [1.807, 2.05) is 54.6 Å². The number of nitrogens with two attached hydrogens (primary N) is 2. The molecule has 0 aliphatic carbocycles. The van der Waals surface area contributed by atoms with Crippen LogP contribution in [0.4, 0.5) is 4.39 Å². The molecule has 0 saturated carbocycles. The Labute approximate surface area is 174 Å². The number of primary amides is 1. The van der Waals surface area contributed by atoms with Gasteiger partial charge in [-0.1, -0.05) is 66.7 Å². The molecular formula is C24H24FN3O2. The van der Waals surface area contributed by atoms with Crippen LogP contribution in [-0.2, 0) is 22.4 Å². The third kappa shape index (κ3) is 5.75. The lowest BCUT2D eigenvalue weighted by atomic mass is 9.99. The third-order valence-corrected chi connectivity index (χ3v) is 4.84. The molecule has 0 saturated heterocycles. The van der Waals surface area contributed by atoms with Gasteiger partial charge < -0.3 is 16.8 Å². The SMILES string of the molecule is NC(=O)[C@H](Cc1ccccc1)NC(=O)C(N)Cc1cccc(-c2ccc(F)cc2)c1. The first kappa shape index (κ1) is 21.2. The molecule has 154 valence electrons. The summed E-state index contributed by atoms with van der Waals surface area (Å²) in [5.41, 5.74) is 15.1. The summed E-state index contributed by atoms with van der Waals surface area (Å²) in [6, 6.07) is 21.4. The maximum Gasteiger partial charge on any atom is 0.240 e. The molecule has 3 rings (SSSR count). The Balaban J connectivity index is 1.65. The van der Waals surface area contributed by atoms with Gasteiger partial charge in [-0.25, -0.2) is 4.39 Å². The first-order valence-corrected chi connectivity index (χ1v) is 9.66. The lowest BCUT2D eigenvalue weighted by Gasteiger charge is -2.19. The van der Waals surface area contributed by atoms with Gasteiger partial charge >= 0.3 is 0 Å². The third-order valence-electron chi connectivity index (χ3n) is 4.84. The number of carbonyl (C=O) groups excluding carboxylic acids is 2. The Morgan fingerprint density at radius 3 is 2.17 bits per heavy atom. The van der Waals surface area contributed by atoms with E-state index < -0.39 is 23.9 Å². The fourth-order valence-electron chi connectivity index (χ4n) is 3.22. The molecule has 0 aromatic heterocycles. The zero-order valence-electron chi connectivity index (χ0n) is 16.4. The van der Waals surface area contributed by atoms with E-state index in [0.717, 1.165) is 22.3 Å². The summed E-state index contributed by atoms with van der Waals surface area (Å²) >= 11 is 0. The molecule has 30 heavy (non-hydrogen) atoms. The van der Waals surface area contributed by atoms with Crippen molar-refractivity contribution in [1.29, 1.82) is 0 Å². The van der Waals surface area contributed by atoms with Gasteiger partial charge in [-0.2, -0.15) is 0 Å². The fraction of sp³-hybridized carbons (Fsp3) is 0.167. The second-order valence-electron chi connectivity index (χ2n) is 7.17. The molecule has 5 nitrogen and oxygen atoms in total. The van der Waals surface area contributed by atoms with Crippen LogP contribution in [-0.4, -0.2) is 23.9 Å². The van der Waals surface area contributed by atoms with Gasteiger partial charge in [0.2, 0.25) is 11.8 Å². The van der Waals surface area contributed by atoms with Crippen LogP contribution >= 0.6 is 0 Å². The number of carbonyl (C=O) groups is 2. The van der Waals surface area contributed by atoms with E-state index >= 15 is 0 Å². The highest BCUT2D eigenvalue weighted by Gasteiger charge is 2.22. The number of rotatable bonds is 8. The Kier molecular flexibility index (Phi) is 6.93. The van der Waals surface area contributed by atoms with Gasteiger partial charge in [0, 0.05) is 6.42 Å². The van der Waals surface area contributed by atoms with Gasteiger partial charge in [0.25, 0.3) is 0 Å². The van der Waals surface area contributed by atoms with Crippen molar-refractivity contribution in [3.05, 3.63) is 95.8 Å². The second kappa shape index (κ2) is 9.80. The van der Waals surface area contributed by atoms with Crippen LogP contribution in [0, 0.1) is 5.82 Å². The van der Waals surface area contributed by atoms with Crippen molar-refractivity contribution in [3.8, 4) is 11.1 Å². The number of amides is 2. The van der Waals surface area contributed by atoms with E-state index in [2.05, 4.69) is 5.32 Å². The minimum absolute atomic E-state index is 0.289. The molecule has 2 atom stereocenters. The van der Waals surface area contributed by atoms with Crippen LogP contribution in [0.5, 0.6) is 0 Å². The summed E-state index contributed by atoms with van der Waals surface area (Å²) < 4.78 is 13.1. The summed E-state index contributed by atoms with van der Waals surface area (Å²) in [6.45, 7) is 0. The first-order valence-electron chi connectivity index (χ1n) is 9.66. The highest BCUT2D eigenvalue weighted by molar-refractivity contribution is 5.89. The van der Waals surface area contributed by atoms with Crippen molar-refractivity contribution in [2.75, 3.05) is 0 Å². The molecular weight excluding hydrogens is 381 g/mol. The molecule has 0 fully saturated rings. The van der Waals surface area contributed by atoms with Gasteiger partial charge in [-0.05, 0) is 40.8 Å². The van der Waals surface area contributed by atoms with Crippen LogP contribution in [0.1, 0.15) is 11.1 Å². The fourth-order valence-corrected chi connectivity index (χ4v) is 3.22. The van der Waals surface area contributed by atoms with Crippen LogP contribution in [0.2, 0.25) is 0 Å². The highest BCUT2D eigenvalue weighted by Crippen LogP contribution is 2.21. The largest absolute Gasteiger partial charge is 0.368 e. The van der Waals surface area contributed by atoms with Crippen molar-refractivity contribution in [2.24, 2.45) is 11.5 Å². The molecule has 0 heterocycles. The Morgan fingerprint density at radius 1 is 0.833 bits per heavy atom. The van der Waals surface area contributed by atoms with Crippen molar-refractivity contribution in [2.45, 2.75) is 24.9 Å². The number of hydrogen-bond acceptors (Lipinski definition) is 3. The standard InChI is InChI=1S/C24H24FN3O2/c25-20-11-9-18(10-12-20)19-8-4-7-17(13-19)14-21(26)24(30)28-22(23(27)29)15-16-5-2-1-3-6-16/h1-13,21-22H,14-15,26H2,(H2,27,29)(H,28,30)/t21?,22-/m0/s1. The van der Waals surface area contributed by atoms with E-state index in [-0.39, 0.29) is 12.2 Å². The lowest BCUT2D eigenvalue weighted by molar-refractivity contribution is -0.128. The van der Waals surface area contributed by atoms with Gasteiger partial charge in [0.05, 0.1) is 6.04 Å².